The largest absolute Gasteiger partial charge is 0.481 e. The summed E-state index contributed by atoms with van der Waals surface area (Å²) in [6, 6.07) is 14.0. The topological polar surface area (TPSA) is 52.8 Å². The summed E-state index contributed by atoms with van der Waals surface area (Å²) in [6.07, 6.45) is 3.44. The third-order valence-electron chi connectivity index (χ3n) is 2.94. The lowest BCUT2D eigenvalue weighted by atomic mass is 10.2. The number of methoxy groups -OCH3 is 1. The number of rotatable bonds is 5. The maximum absolute atomic E-state index is 5.07. The fraction of sp³-hybridized carbons (Fsp3) is 0.133. The molecule has 0 saturated heterocycles. The summed E-state index contributed by atoms with van der Waals surface area (Å²) < 4.78 is 6.98. The molecule has 106 valence electrons. The number of pyridine rings is 1. The van der Waals surface area contributed by atoms with Gasteiger partial charge in [0.2, 0.25) is 5.88 Å². The predicted octanol–water partition coefficient (Wildman–Crippen LogP) is 2.96. The molecule has 2 aromatic heterocycles. The quantitative estimate of drug-likeness (QED) is 0.678. The van der Waals surface area contributed by atoms with Crippen LogP contribution in [0, 0.1) is 0 Å². The Labute approximate surface area is 127 Å². The maximum atomic E-state index is 5.07. The van der Waals surface area contributed by atoms with Gasteiger partial charge in [0, 0.05) is 11.8 Å². The van der Waals surface area contributed by atoms with Crippen molar-refractivity contribution >= 4 is 11.8 Å². The van der Waals surface area contributed by atoms with Crippen LogP contribution >= 0.6 is 11.8 Å². The van der Waals surface area contributed by atoms with Gasteiger partial charge in [-0.05, 0) is 11.6 Å². The van der Waals surface area contributed by atoms with Gasteiger partial charge in [0.15, 0.2) is 5.16 Å². The summed E-state index contributed by atoms with van der Waals surface area (Å²) in [5, 5.41) is 8.99. The molecular weight excluding hydrogens is 284 g/mol. The first kappa shape index (κ1) is 13.6. The van der Waals surface area contributed by atoms with Gasteiger partial charge in [0.05, 0.1) is 19.0 Å². The van der Waals surface area contributed by atoms with E-state index in [1.54, 1.807) is 31.4 Å². The minimum Gasteiger partial charge on any atom is -0.481 e. The zero-order valence-electron chi connectivity index (χ0n) is 11.5. The average molecular weight is 298 g/mol. The fourth-order valence-corrected chi connectivity index (χ4v) is 2.74. The summed E-state index contributed by atoms with van der Waals surface area (Å²) in [5.74, 6) is 1.44. The first-order chi connectivity index (χ1) is 10.4. The van der Waals surface area contributed by atoms with Crippen LogP contribution in [0.4, 0.5) is 0 Å². The van der Waals surface area contributed by atoms with Crippen molar-refractivity contribution in [2.24, 2.45) is 0 Å². The van der Waals surface area contributed by atoms with Crippen molar-refractivity contribution in [1.29, 1.82) is 0 Å². The molecule has 6 heteroatoms. The third-order valence-corrected chi connectivity index (χ3v) is 3.95. The molecule has 0 atom stereocenters. The van der Waals surface area contributed by atoms with Gasteiger partial charge in [0.1, 0.15) is 6.33 Å². The molecule has 0 unspecified atom stereocenters. The highest BCUT2D eigenvalue weighted by molar-refractivity contribution is 7.98. The van der Waals surface area contributed by atoms with Gasteiger partial charge >= 0.3 is 0 Å². The minimum absolute atomic E-state index is 0.588. The van der Waals surface area contributed by atoms with E-state index in [1.807, 2.05) is 34.9 Å². The first-order valence-corrected chi connectivity index (χ1v) is 7.42. The van der Waals surface area contributed by atoms with Crippen LogP contribution in [0.2, 0.25) is 0 Å². The van der Waals surface area contributed by atoms with E-state index in [2.05, 4.69) is 27.3 Å². The standard InChI is InChI=1S/C15H14N4OS/c1-20-14-8-7-13(9-16-14)19-11-17-18-15(19)21-10-12-5-3-2-4-6-12/h2-9,11H,10H2,1H3. The summed E-state index contributed by atoms with van der Waals surface area (Å²) in [6.45, 7) is 0. The zero-order valence-corrected chi connectivity index (χ0v) is 12.3. The molecule has 0 bridgehead atoms. The molecule has 0 radical (unpaired) electrons. The summed E-state index contributed by atoms with van der Waals surface area (Å²) in [7, 11) is 1.60. The molecular formula is C15H14N4OS. The molecule has 3 aromatic rings. The van der Waals surface area contributed by atoms with Gasteiger partial charge in [-0.25, -0.2) is 4.98 Å². The molecule has 0 aliphatic heterocycles. The van der Waals surface area contributed by atoms with E-state index in [9.17, 15) is 0 Å². The number of nitrogens with zero attached hydrogens (tertiary/aromatic N) is 4. The average Bonchev–Trinajstić information content (AvgIpc) is 3.02. The Morgan fingerprint density at radius 2 is 2.00 bits per heavy atom. The van der Waals surface area contributed by atoms with Crippen LogP contribution in [-0.4, -0.2) is 26.9 Å². The highest BCUT2D eigenvalue weighted by atomic mass is 32.2. The van der Waals surface area contributed by atoms with Gasteiger partial charge < -0.3 is 4.74 Å². The molecule has 3 rings (SSSR count). The lowest BCUT2D eigenvalue weighted by Crippen LogP contribution is -1.97. The normalized spacial score (nSPS) is 10.5. The second-order valence-corrected chi connectivity index (χ2v) is 5.26. The zero-order chi connectivity index (χ0) is 14.5. The van der Waals surface area contributed by atoms with Crippen molar-refractivity contribution in [3.05, 3.63) is 60.6 Å². The van der Waals surface area contributed by atoms with Crippen LogP contribution in [0.3, 0.4) is 0 Å². The molecule has 2 heterocycles. The predicted molar refractivity (Wildman–Crippen MR) is 81.7 cm³/mol. The van der Waals surface area contributed by atoms with E-state index in [-0.39, 0.29) is 0 Å². The van der Waals surface area contributed by atoms with Crippen LogP contribution in [0.1, 0.15) is 5.56 Å². The molecule has 0 saturated carbocycles. The second-order valence-electron chi connectivity index (χ2n) is 4.32. The van der Waals surface area contributed by atoms with E-state index >= 15 is 0 Å². The van der Waals surface area contributed by atoms with Crippen molar-refractivity contribution in [2.75, 3.05) is 7.11 Å². The Balaban J connectivity index is 1.77. The van der Waals surface area contributed by atoms with Gasteiger partial charge in [0.25, 0.3) is 0 Å². The Bertz CT molecular complexity index is 697. The molecule has 1 aromatic carbocycles. The highest BCUT2D eigenvalue weighted by Crippen LogP contribution is 2.23. The SMILES string of the molecule is COc1ccc(-n2cnnc2SCc2ccccc2)cn1. The van der Waals surface area contributed by atoms with E-state index in [4.69, 9.17) is 4.74 Å². The van der Waals surface area contributed by atoms with Crippen LogP contribution in [0.5, 0.6) is 5.88 Å². The smallest absolute Gasteiger partial charge is 0.213 e. The summed E-state index contributed by atoms with van der Waals surface area (Å²) >= 11 is 1.64. The molecule has 0 N–H and O–H groups in total. The van der Waals surface area contributed by atoms with Crippen molar-refractivity contribution in [3.8, 4) is 11.6 Å². The van der Waals surface area contributed by atoms with Gasteiger partial charge in [-0.2, -0.15) is 0 Å². The number of hydrogen-bond acceptors (Lipinski definition) is 5. The Kier molecular flexibility index (Phi) is 4.16. The van der Waals surface area contributed by atoms with E-state index < -0.39 is 0 Å². The van der Waals surface area contributed by atoms with Gasteiger partial charge in [-0.3, -0.25) is 4.57 Å². The van der Waals surface area contributed by atoms with Gasteiger partial charge in [-0.1, -0.05) is 42.1 Å². The van der Waals surface area contributed by atoms with Crippen LogP contribution in [0.25, 0.3) is 5.69 Å². The number of thioether (sulfide) groups is 1. The van der Waals surface area contributed by atoms with Gasteiger partial charge in [-0.15, -0.1) is 10.2 Å². The maximum Gasteiger partial charge on any atom is 0.213 e. The van der Waals surface area contributed by atoms with E-state index in [1.165, 1.54) is 5.56 Å². The molecule has 0 spiro atoms. The van der Waals surface area contributed by atoms with Crippen molar-refractivity contribution in [2.45, 2.75) is 10.9 Å². The molecule has 21 heavy (non-hydrogen) atoms. The van der Waals surface area contributed by atoms with Crippen LogP contribution in [0.15, 0.2) is 60.1 Å². The third kappa shape index (κ3) is 3.22. The Morgan fingerprint density at radius 1 is 1.14 bits per heavy atom. The monoisotopic (exact) mass is 298 g/mol. The van der Waals surface area contributed by atoms with Crippen molar-refractivity contribution < 1.29 is 4.74 Å². The highest BCUT2D eigenvalue weighted by Gasteiger charge is 2.08. The number of aromatic nitrogens is 4. The molecule has 5 nitrogen and oxygen atoms in total. The number of ether oxygens (including phenoxy) is 1. The number of hydrogen-bond donors (Lipinski definition) is 0. The molecule has 0 fully saturated rings. The van der Waals surface area contributed by atoms with E-state index in [0.717, 1.165) is 16.6 Å². The minimum atomic E-state index is 0.588. The molecule has 0 aliphatic carbocycles. The summed E-state index contributed by atoms with van der Waals surface area (Å²) in [5.41, 5.74) is 2.17. The number of benzene rings is 1. The van der Waals surface area contributed by atoms with Crippen LogP contribution < -0.4 is 4.74 Å². The Morgan fingerprint density at radius 3 is 2.71 bits per heavy atom. The second kappa shape index (κ2) is 6.41. The lowest BCUT2D eigenvalue weighted by molar-refractivity contribution is 0.397. The first-order valence-electron chi connectivity index (χ1n) is 6.44. The Hall–Kier alpha value is -2.34. The molecule has 0 amide bonds. The lowest BCUT2D eigenvalue weighted by Gasteiger charge is -2.06. The van der Waals surface area contributed by atoms with Crippen molar-refractivity contribution in [1.82, 2.24) is 19.7 Å². The summed E-state index contributed by atoms with van der Waals surface area (Å²) in [4.78, 5) is 4.20. The fourth-order valence-electron chi connectivity index (χ4n) is 1.86. The molecule has 0 aliphatic rings. The van der Waals surface area contributed by atoms with E-state index in [0.29, 0.717) is 5.88 Å². The van der Waals surface area contributed by atoms with Crippen molar-refractivity contribution in [3.63, 3.8) is 0 Å². The van der Waals surface area contributed by atoms with Crippen LogP contribution in [-0.2, 0) is 5.75 Å².